The van der Waals surface area contributed by atoms with E-state index in [-0.39, 0.29) is 23.0 Å². The van der Waals surface area contributed by atoms with Gasteiger partial charge in [0.05, 0.1) is 41.1 Å². The Morgan fingerprint density at radius 3 is 2.55 bits per heavy atom. The van der Waals surface area contributed by atoms with E-state index in [1.54, 1.807) is 52.1 Å². The normalized spacial score (nSPS) is 15.8. The monoisotopic (exact) mass is 793 g/mol. The number of aryl methyl sites for hydroxylation is 1. The zero-order valence-corrected chi connectivity index (χ0v) is 33.6. The lowest BCUT2D eigenvalue weighted by atomic mass is 9.99. The zero-order chi connectivity index (χ0) is 39.9. The average molecular weight is 795 g/mol. The third kappa shape index (κ3) is 11.0. The number of aromatic nitrogens is 2. The third-order valence-corrected chi connectivity index (χ3v) is 10.1. The summed E-state index contributed by atoms with van der Waals surface area (Å²) in [5.41, 5.74) is 9.44. The molecule has 4 amide bonds. The van der Waals surface area contributed by atoms with E-state index in [2.05, 4.69) is 29.0 Å². The second-order valence-corrected chi connectivity index (χ2v) is 15.6. The molecule has 0 radical (unpaired) electrons. The van der Waals surface area contributed by atoms with Gasteiger partial charge in [-0.2, -0.15) is 5.10 Å². The van der Waals surface area contributed by atoms with Gasteiger partial charge in [-0.25, -0.2) is 4.79 Å². The maximum atomic E-state index is 13.1. The van der Waals surface area contributed by atoms with Gasteiger partial charge in [-0.3, -0.25) is 24.0 Å². The van der Waals surface area contributed by atoms with Crippen LogP contribution in [0, 0.1) is 11.8 Å². The number of primary amides is 1. The fraction of sp³-hybridized carbons (Fsp3) is 0.475. The van der Waals surface area contributed by atoms with Gasteiger partial charge in [-0.1, -0.05) is 41.1 Å². The predicted octanol–water partition coefficient (Wildman–Crippen LogP) is 4.72. The highest BCUT2D eigenvalue weighted by Crippen LogP contribution is 2.32. The number of benzene rings is 2. The number of fused-ring (bicyclic) bond motifs is 1. The molecule has 2 aliphatic rings. The summed E-state index contributed by atoms with van der Waals surface area (Å²) < 4.78 is 13.0. The van der Waals surface area contributed by atoms with Crippen molar-refractivity contribution in [2.45, 2.75) is 71.7 Å². The van der Waals surface area contributed by atoms with Crippen LogP contribution in [0.1, 0.15) is 73.3 Å². The summed E-state index contributed by atoms with van der Waals surface area (Å²) in [6, 6.07) is 10.8. The van der Waals surface area contributed by atoms with Crippen LogP contribution in [0.3, 0.4) is 0 Å². The number of nitrogens with zero attached hydrogens (tertiary/aromatic N) is 5. The van der Waals surface area contributed by atoms with E-state index in [9.17, 15) is 19.2 Å². The molecule has 2 aliphatic heterocycles. The molecule has 15 heteroatoms. The van der Waals surface area contributed by atoms with Crippen molar-refractivity contribution in [2.24, 2.45) is 5.73 Å². The van der Waals surface area contributed by atoms with Crippen LogP contribution in [-0.2, 0) is 38.6 Å². The molecule has 294 valence electrons. The molecule has 1 fully saturated rings. The molecule has 3 aromatic rings. The van der Waals surface area contributed by atoms with Gasteiger partial charge in [-0.15, -0.1) is 0 Å². The van der Waals surface area contributed by atoms with Gasteiger partial charge in [-0.05, 0) is 70.9 Å². The molecule has 3 heterocycles. The summed E-state index contributed by atoms with van der Waals surface area (Å²) in [6.07, 6.45) is 1.50. The van der Waals surface area contributed by atoms with E-state index in [1.807, 2.05) is 16.8 Å². The lowest BCUT2D eigenvalue weighted by Gasteiger charge is -2.33. The second-order valence-electron chi connectivity index (χ2n) is 14.8. The molecule has 0 aliphatic carbocycles. The number of nitrogens with one attached hydrogen (secondary N) is 1. The fourth-order valence-electron chi connectivity index (χ4n) is 6.48. The summed E-state index contributed by atoms with van der Waals surface area (Å²) >= 11 is 13.0. The summed E-state index contributed by atoms with van der Waals surface area (Å²) in [5, 5.41) is 8.60. The molecule has 0 saturated carbocycles. The largest absolute Gasteiger partial charge is 0.444 e. The predicted molar refractivity (Wildman–Crippen MR) is 211 cm³/mol. The van der Waals surface area contributed by atoms with Gasteiger partial charge in [0.15, 0.2) is 0 Å². The number of morpholine rings is 1. The van der Waals surface area contributed by atoms with Crippen LogP contribution in [0.2, 0.25) is 10.0 Å². The highest BCUT2D eigenvalue weighted by Gasteiger charge is 2.30. The van der Waals surface area contributed by atoms with Gasteiger partial charge in [0.2, 0.25) is 0 Å². The van der Waals surface area contributed by atoms with Crippen molar-refractivity contribution < 1.29 is 28.7 Å². The molecule has 13 nitrogen and oxygen atoms in total. The average Bonchev–Trinajstić information content (AvgIpc) is 3.50. The maximum absolute atomic E-state index is 13.1. The lowest BCUT2D eigenvalue weighted by Crippen LogP contribution is -2.44. The lowest BCUT2D eigenvalue weighted by molar-refractivity contribution is -0.144. The smallest absolute Gasteiger partial charge is 0.410 e. The van der Waals surface area contributed by atoms with E-state index >= 15 is 0 Å². The Balaban J connectivity index is 1.32. The van der Waals surface area contributed by atoms with Crippen LogP contribution < -0.4 is 11.1 Å². The number of carbonyl (C=O) groups is 4. The summed E-state index contributed by atoms with van der Waals surface area (Å²) in [5.74, 6) is 4.16. The highest BCUT2D eigenvalue weighted by atomic mass is 35.5. The number of amides is 4. The van der Waals surface area contributed by atoms with E-state index < -0.39 is 23.5 Å². The third-order valence-electron chi connectivity index (χ3n) is 9.41. The minimum Gasteiger partial charge on any atom is -0.444 e. The van der Waals surface area contributed by atoms with Crippen molar-refractivity contribution >= 4 is 47.0 Å². The van der Waals surface area contributed by atoms with Crippen LogP contribution in [0.4, 0.5) is 4.79 Å². The number of rotatable bonds is 10. The minimum atomic E-state index is -0.993. The second kappa shape index (κ2) is 18.3. The first-order valence-electron chi connectivity index (χ1n) is 18.4. The van der Waals surface area contributed by atoms with Gasteiger partial charge >= 0.3 is 17.9 Å². The van der Waals surface area contributed by atoms with Crippen molar-refractivity contribution in [3.05, 3.63) is 74.4 Å². The van der Waals surface area contributed by atoms with Crippen molar-refractivity contribution in [3.8, 4) is 23.1 Å². The molecule has 0 spiro atoms. The van der Waals surface area contributed by atoms with Crippen LogP contribution in [0.25, 0.3) is 11.3 Å². The molecule has 0 unspecified atom stereocenters. The Bertz CT molecular complexity index is 1980. The van der Waals surface area contributed by atoms with Gasteiger partial charge in [0.25, 0.3) is 5.91 Å². The first kappa shape index (κ1) is 41.6. The van der Waals surface area contributed by atoms with E-state index in [1.165, 1.54) is 9.80 Å². The Kier molecular flexibility index (Phi) is 13.9. The Hall–Kier alpha value is -4.61. The first-order chi connectivity index (χ1) is 26.1. The van der Waals surface area contributed by atoms with E-state index in [0.29, 0.717) is 66.9 Å². The van der Waals surface area contributed by atoms with Crippen LogP contribution >= 0.6 is 23.2 Å². The molecule has 3 N–H and O–H groups in total. The molecular weight excluding hydrogens is 745 g/mol. The van der Waals surface area contributed by atoms with E-state index in [4.69, 9.17) is 43.5 Å². The Morgan fingerprint density at radius 2 is 1.82 bits per heavy atom. The summed E-state index contributed by atoms with van der Waals surface area (Å²) in [6.45, 7) is 12.8. The van der Waals surface area contributed by atoms with Gasteiger partial charge in [0, 0.05) is 86.7 Å². The highest BCUT2D eigenvalue weighted by molar-refractivity contribution is 6.34. The fourth-order valence-corrected chi connectivity index (χ4v) is 6.85. The van der Waals surface area contributed by atoms with Crippen molar-refractivity contribution in [1.29, 1.82) is 0 Å². The van der Waals surface area contributed by atoms with Crippen LogP contribution in [-0.4, -0.2) is 113 Å². The Morgan fingerprint density at radius 1 is 1.05 bits per heavy atom. The molecular formula is C40H49Cl2N7O6. The number of ether oxygens (including phenoxy) is 2. The van der Waals surface area contributed by atoms with Gasteiger partial charge < -0.3 is 30.3 Å². The van der Waals surface area contributed by atoms with E-state index in [0.717, 1.165) is 49.5 Å². The minimum absolute atomic E-state index is 0.201. The molecule has 1 saturated heterocycles. The zero-order valence-electron chi connectivity index (χ0n) is 32.0. The molecule has 2 aromatic carbocycles. The summed E-state index contributed by atoms with van der Waals surface area (Å²) in [7, 11) is 1.65. The number of halogens is 2. The van der Waals surface area contributed by atoms with Crippen LogP contribution in [0.15, 0.2) is 36.4 Å². The van der Waals surface area contributed by atoms with Crippen molar-refractivity contribution in [3.63, 3.8) is 0 Å². The molecule has 5 rings (SSSR count). The molecule has 1 aromatic heterocycles. The molecule has 55 heavy (non-hydrogen) atoms. The van der Waals surface area contributed by atoms with Crippen molar-refractivity contribution in [1.82, 2.24) is 29.8 Å². The number of nitrogens with two attached hydrogens (primary N) is 1. The number of hydrogen-bond donors (Lipinski definition) is 2. The standard InChI is InChI=1S/C40H49Cl2N7O6/c1-26-25-54-21-20-47(26)17-7-18-49-34-14-19-48(38(52)36(43)50)24-31(34)35(45-49)29-11-13-32(41)28(23-29)10-8-27-9-12-33(42)30(22-27)37(51)44-15-6-16-46(5)39(53)55-40(2,3)4/h9,11-13,22-23,26H,6-7,14-21,24-25H2,1-5H3,(H2,43,50)(H,44,51)/t26-/m0/s1. The van der Waals surface area contributed by atoms with Crippen LogP contribution in [0.5, 0.6) is 0 Å². The topological polar surface area (TPSA) is 152 Å². The number of carbonyl (C=O) groups excluding carboxylic acids is 4. The SMILES string of the molecule is C[C@H]1COCCN1CCCn1nc(-c2ccc(Cl)c(C#Cc3ccc(Cl)c(C(=O)NCCCN(C)C(=O)OC(C)(C)C)c3)c2)c2c1CCN(C(=O)C(N)=O)C2. The quantitative estimate of drug-likeness (QED) is 0.170. The number of hydrogen-bond acceptors (Lipinski definition) is 8. The van der Waals surface area contributed by atoms with Crippen molar-refractivity contribution in [2.75, 3.05) is 53.0 Å². The Labute approximate surface area is 332 Å². The first-order valence-corrected chi connectivity index (χ1v) is 19.2. The van der Waals surface area contributed by atoms with Gasteiger partial charge in [0.1, 0.15) is 5.60 Å². The molecule has 1 atom stereocenters. The molecule has 0 bridgehead atoms. The summed E-state index contributed by atoms with van der Waals surface area (Å²) in [4.78, 5) is 55.0. The maximum Gasteiger partial charge on any atom is 0.410 e.